The maximum Gasteiger partial charge on any atom is 0.331 e. The van der Waals surface area contributed by atoms with Gasteiger partial charge in [0.05, 0.1) is 12.7 Å². The molecule has 0 saturated heterocycles. The summed E-state index contributed by atoms with van der Waals surface area (Å²) in [6.45, 7) is 3.32. The molecule has 5 nitrogen and oxygen atoms in total. The van der Waals surface area contributed by atoms with Crippen LogP contribution in [0.25, 0.3) is 0 Å². The normalized spacial score (nSPS) is 12.5. The number of carbonyl (C=O) groups is 2. The molecule has 0 aromatic carbocycles. The summed E-state index contributed by atoms with van der Waals surface area (Å²) in [6, 6.07) is 0. The number of hydrogen-bond acceptors (Lipinski definition) is 5. The van der Waals surface area contributed by atoms with Gasteiger partial charge in [-0.25, -0.2) is 9.59 Å². The predicted molar refractivity (Wildman–Crippen MR) is 48.4 cm³/mol. The van der Waals surface area contributed by atoms with Crippen LogP contribution in [-0.4, -0.2) is 36.4 Å². The average molecular weight is 202 g/mol. The van der Waals surface area contributed by atoms with Crippen LogP contribution >= 0.6 is 0 Å². The van der Waals surface area contributed by atoms with Crippen LogP contribution in [-0.2, 0) is 19.1 Å². The van der Waals surface area contributed by atoms with Crippen LogP contribution in [0, 0.1) is 0 Å². The Kier molecular flexibility index (Phi) is 6.39. The Bertz CT molecular complexity index is 219. The molecular formula is C9H14O5. The van der Waals surface area contributed by atoms with Gasteiger partial charge in [-0.15, -0.1) is 0 Å². The summed E-state index contributed by atoms with van der Waals surface area (Å²) in [7, 11) is 0. The Morgan fingerprint density at radius 3 is 2.21 bits per heavy atom. The van der Waals surface area contributed by atoms with Gasteiger partial charge in [0.15, 0.2) is 0 Å². The molecule has 0 aromatic rings. The molecule has 0 rings (SSSR count). The van der Waals surface area contributed by atoms with Gasteiger partial charge in [-0.05, 0) is 13.8 Å². The minimum Gasteiger partial charge on any atom is -0.463 e. The summed E-state index contributed by atoms with van der Waals surface area (Å²) in [4.78, 5) is 21.5. The Morgan fingerprint density at radius 2 is 1.79 bits per heavy atom. The molecule has 1 atom stereocenters. The summed E-state index contributed by atoms with van der Waals surface area (Å²) in [5.74, 6) is -1.28. The van der Waals surface area contributed by atoms with Crippen molar-refractivity contribution in [2.24, 2.45) is 0 Å². The quantitative estimate of drug-likeness (QED) is 0.503. The van der Waals surface area contributed by atoms with Crippen LogP contribution in [0.2, 0.25) is 0 Å². The van der Waals surface area contributed by atoms with Crippen molar-refractivity contribution < 1.29 is 24.2 Å². The highest BCUT2D eigenvalue weighted by molar-refractivity contribution is 5.91. The Hall–Kier alpha value is -1.36. The van der Waals surface area contributed by atoms with Crippen molar-refractivity contribution in [1.29, 1.82) is 0 Å². The number of ether oxygens (including phenoxy) is 2. The minimum atomic E-state index is -0.713. The number of rotatable bonds is 5. The topological polar surface area (TPSA) is 72.8 Å². The highest BCUT2D eigenvalue weighted by Gasteiger charge is 2.02. The van der Waals surface area contributed by atoms with Crippen molar-refractivity contribution in [1.82, 2.24) is 0 Å². The van der Waals surface area contributed by atoms with Crippen molar-refractivity contribution in [2.75, 3.05) is 13.2 Å². The third kappa shape index (κ3) is 7.30. The first-order chi connectivity index (χ1) is 6.56. The molecule has 1 unspecified atom stereocenters. The van der Waals surface area contributed by atoms with E-state index in [4.69, 9.17) is 5.11 Å². The van der Waals surface area contributed by atoms with Crippen molar-refractivity contribution >= 4 is 11.9 Å². The molecule has 0 aliphatic heterocycles. The Morgan fingerprint density at radius 1 is 1.29 bits per heavy atom. The first-order valence-electron chi connectivity index (χ1n) is 4.26. The first kappa shape index (κ1) is 12.6. The standard InChI is InChI=1S/C9H14O5/c1-3-13-8(11)4-5-9(12)14-6-7(2)10/h4-5,7,10H,3,6H2,1-2H3/b5-4-. The zero-order chi connectivity index (χ0) is 11.0. The SMILES string of the molecule is CCOC(=O)/C=C\C(=O)OCC(C)O. The van der Waals surface area contributed by atoms with Gasteiger partial charge in [0.25, 0.3) is 0 Å². The van der Waals surface area contributed by atoms with E-state index in [0.29, 0.717) is 0 Å². The van der Waals surface area contributed by atoms with Crippen LogP contribution in [0.15, 0.2) is 12.2 Å². The third-order valence-corrected chi connectivity index (χ3v) is 1.11. The predicted octanol–water partition coefficient (Wildman–Crippen LogP) is 0.0297. The van der Waals surface area contributed by atoms with E-state index >= 15 is 0 Å². The lowest BCUT2D eigenvalue weighted by Gasteiger charge is -2.03. The van der Waals surface area contributed by atoms with Gasteiger partial charge in [-0.3, -0.25) is 0 Å². The zero-order valence-electron chi connectivity index (χ0n) is 8.23. The molecule has 80 valence electrons. The summed E-state index contributed by atoms with van der Waals surface area (Å²) >= 11 is 0. The molecule has 1 N–H and O–H groups in total. The van der Waals surface area contributed by atoms with Gasteiger partial charge >= 0.3 is 11.9 Å². The molecule has 0 radical (unpaired) electrons. The summed E-state index contributed by atoms with van der Waals surface area (Å²) < 4.78 is 9.08. The van der Waals surface area contributed by atoms with Crippen LogP contribution < -0.4 is 0 Å². The minimum absolute atomic E-state index is 0.0913. The van der Waals surface area contributed by atoms with Crippen LogP contribution in [0.5, 0.6) is 0 Å². The number of esters is 2. The van der Waals surface area contributed by atoms with E-state index in [1.807, 2.05) is 0 Å². The zero-order valence-corrected chi connectivity index (χ0v) is 8.23. The molecule has 0 amide bonds. The lowest BCUT2D eigenvalue weighted by molar-refractivity contribution is -0.141. The van der Waals surface area contributed by atoms with Crippen molar-refractivity contribution in [3.8, 4) is 0 Å². The van der Waals surface area contributed by atoms with Crippen LogP contribution in [0.4, 0.5) is 0 Å². The van der Waals surface area contributed by atoms with E-state index in [-0.39, 0.29) is 13.2 Å². The lowest BCUT2D eigenvalue weighted by atomic mass is 10.4. The highest BCUT2D eigenvalue weighted by atomic mass is 16.5. The van der Waals surface area contributed by atoms with Gasteiger partial charge in [-0.1, -0.05) is 0 Å². The Balaban J connectivity index is 3.76. The summed E-state index contributed by atoms with van der Waals surface area (Å²) in [5, 5.41) is 8.77. The molecule has 14 heavy (non-hydrogen) atoms. The van der Waals surface area contributed by atoms with Crippen molar-refractivity contribution in [2.45, 2.75) is 20.0 Å². The molecule has 5 heteroatoms. The summed E-state index contributed by atoms with van der Waals surface area (Å²) in [5.41, 5.74) is 0. The highest BCUT2D eigenvalue weighted by Crippen LogP contribution is 1.87. The fourth-order valence-electron chi connectivity index (χ4n) is 0.577. The fraction of sp³-hybridized carbons (Fsp3) is 0.556. The number of aliphatic hydroxyl groups excluding tert-OH is 1. The fourth-order valence-corrected chi connectivity index (χ4v) is 0.577. The molecule has 0 spiro atoms. The monoisotopic (exact) mass is 202 g/mol. The first-order valence-corrected chi connectivity index (χ1v) is 4.26. The smallest absolute Gasteiger partial charge is 0.331 e. The molecular weight excluding hydrogens is 188 g/mol. The second-order valence-corrected chi connectivity index (χ2v) is 2.56. The molecule has 0 aliphatic rings. The molecule has 0 heterocycles. The summed E-state index contributed by atoms with van der Waals surface area (Å²) in [6.07, 6.45) is 1.23. The second-order valence-electron chi connectivity index (χ2n) is 2.56. The van der Waals surface area contributed by atoms with E-state index in [9.17, 15) is 9.59 Å². The molecule has 0 aromatic heterocycles. The van der Waals surface area contributed by atoms with E-state index in [2.05, 4.69) is 9.47 Å². The van der Waals surface area contributed by atoms with Crippen LogP contribution in [0.3, 0.4) is 0 Å². The van der Waals surface area contributed by atoms with E-state index in [1.165, 1.54) is 6.92 Å². The maximum absolute atomic E-state index is 10.8. The molecule has 0 bridgehead atoms. The van der Waals surface area contributed by atoms with Crippen molar-refractivity contribution in [3.05, 3.63) is 12.2 Å². The molecule has 0 aliphatic carbocycles. The largest absolute Gasteiger partial charge is 0.463 e. The van der Waals surface area contributed by atoms with E-state index < -0.39 is 18.0 Å². The number of hydrogen-bond donors (Lipinski definition) is 1. The molecule has 0 fully saturated rings. The maximum atomic E-state index is 10.8. The second kappa shape index (κ2) is 7.08. The Labute approximate surface area is 82.3 Å². The van der Waals surface area contributed by atoms with Gasteiger partial charge in [0, 0.05) is 12.2 Å². The number of carbonyl (C=O) groups excluding carboxylic acids is 2. The van der Waals surface area contributed by atoms with Gasteiger partial charge in [-0.2, -0.15) is 0 Å². The number of aliphatic hydroxyl groups is 1. The van der Waals surface area contributed by atoms with Gasteiger partial charge in [0.1, 0.15) is 6.61 Å². The lowest BCUT2D eigenvalue weighted by Crippen LogP contribution is -2.14. The van der Waals surface area contributed by atoms with Gasteiger partial charge in [0.2, 0.25) is 0 Å². The van der Waals surface area contributed by atoms with E-state index in [1.54, 1.807) is 6.92 Å². The van der Waals surface area contributed by atoms with Crippen LogP contribution in [0.1, 0.15) is 13.8 Å². The third-order valence-electron chi connectivity index (χ3n) is 1.11. The molecule has 0 saturated carbocycles. The van der Waals surface area contributed by atoms with Gasteiger partial charge < -0.3 is 14.6 Å². The average Bonchev–Trinajstić information content (AvgIpc) is 2.12. The van der Waals surface area contributed by atoms with Crippen molar-refractivity contribution in [3.63, 3.8) is 0 Å². The van der Waals surface area contributed by atoms with E-state index in [0.717, 1.165) is 12.2 Å².